The van der Waals surface area contributed by atoms with Gasteiger partial charge < -0.3 is 15.0 Å². The number of halogens is 1. The van der Waals surface area contributed by atoms with E-state index in [0.717, 1.165) is 32.6 Å². The van der Waals surface area contributed by atoms with Crippen LogP contribution < -0.4 is 10.2 Å². The van der Waals surface area contributed by atoms with Crippen molar-refractivity contribution in [3.05, 3.63) is 29.8 Å². The Kier molecular flexibility index (Phi) is 4.95. The number of ether oxygens (including phenoxy) is 1. The van der Waals surface area contributed by atoms with Gasteiger partial charge in [-0.25, -0.2) is 0 Å². The summed E-state index contributed by atoms with van der Waals surface area (Å²) in [6, 6.07) is 8.78. The fourth-order valence-corrected chi connectivity index (χ4v) is 3.42. The first-order valence-electron chi connectivity index (χ1n) is 7.27. The average Bonchev–Trinajstić information content (AvgIpc) is 2.85. The molecule has 1 fully saturated rings. The van der Waals surface area contributed by atoms with Gasteiger partial charge in [-0.2, -0.15) is 0 Å². The topological polar surface area (TPSA) is 24.5 Å². The van der Waals surface area contributed by atoms with Gasteiger partial charge in [-0.15, -0.1) is 12.4 Å². The Balaban J connectivity index is 0.00000147. The van der Waals surface area contributed by atoms with Crippen LogP contribution in [0.5, 0.6) is 0 Å². The third kappa shape index (κ3) is 3.11. The van der Waals surface area contributed by atoms with Gasteiger partial charge in [-0.05, 0) is 30.0 Å². The zero-order valence-corrected chi connectivity index (χ0v) is 13.2. The summed E-state index contributed by atoms with van der Waals surface area (Å²) in [5.74, 6) is 0. The highest BCUT2D eigenvalue weighted by Gasteiger charge is 2.33. The molecule has 2 atom stereocenters. The Hall–Kier alpha value is -0.770. The summed E-state index contributed by atoms with van der Waals surface area (Å²) >= 11 is 0. The Bertz CT molecular complexity index is 446. The van der Waals surface area contributed by atoms with Gasteiger partial charge in [0.15, 0.2) is 0 Å². The molecule has 0 radical (unpaired) electrons. The normalized spacial score (nSPS) is 28.9. The minimum absolute atomic E-state index is 0. The summed E-state index contributed by atoms with van der Waals surface area (Å²) < 4.78 is 5.62. The van der Waals surface area contributed by atoms with Gasteiger partial charge in [0.05, 0.1) is 6.10 Å². The van der Waals surface area contributed by atoms with Crippen LogP contribution in [0.3, 0.4) is 0 Å². The van der Waals surface area contributed by atoms with Crippen molar-refractivity contribution >= 4 is 18.1 Å². The highest BCUT2D eigenvalue weighted by Crippen LogP contribution is 2.33. The number of fused-ring (bicyclic) bond motifs is 1. The summed E-state index contributed by atoms with van der Waals surface area (Å²) in [6.45, 7) is 6.81. The Labute approximate surface area is 128 Å². The average molecular weight is 297 g/mol. The largest absolute Gasteiger partial charge is 0.379 e. The number of nitrogens with one attached hydrogen (secondary N) is 1. The van der Waals surface area contributed by atoms with Gasteiger partial charge >= 0.3 is 0 Å². The number of anilines is 1. The molecule has 2 unspecified atom stereocenters. The van der Waals surface area contributed by atoms with Crippen molar-refractivity contribution < 1.29 is 4.74 Å². The molecule has 1 saturated heterocycles. The van der Waals surface area contributed by atoms with Crippen LogP contribution in [0.25, 0.3) is 0 Å². The molecule has 0 spiro atoms. The Morgan fingerprint density at radius 2 is 2.20 bits per heavy atom. The van der Waals surface area contributed by atoms with Crippen molar-refractivity contribution in [2.75, 3.05) is 38.2 Å². The zero-order chi connectivity index (χ0) is 13.3. The van der Waals surface area contributed by atoms with Crippen LogP contribution in [0.15, 0.2) is 24.3 Å². The first-order chi connectivity index (χ1) is 9.20. The molecule has 4 heteroatoms. The van der Waals surface area contributed by atoms with E-state index in [9.17, 15) is 0 Å². The fraction of sp³-hybridized carbons (Fsp3) is 0.625. The van der Waals surface area contributed by atoms with E-state index in [1.807, 2.05) is 7.11 Å². The van der Waals surface area contributed by atoms with Crippen molar-refractivity contribution in [3.63, 3.8) is 0 Å². The summed E-state index contributed by atoms with van der Waals surface area (Å²) in [6.07, 6.45) is 2.63. The molecule has 0 saturated carbocycles. The second-order valence-electron chi connectivity index (χ2n) is 6.31. The molecule has 0 bridgehead atoms. The molecule has 3 rings (SSSR count). The lowest BCUT2D eigenvalue weighted by Gasteiger charge is -2.40. The number of para-hydroxylation sites is 1. The SMILES string of the molecule is COC1Cc2ccccc2N(CC2(C)CCNC2)C1.Cl. The smallest absolute Gasteiger partial charge is 0.0787 e. The summed E-state index contributed by atoms with van der Waals surface area (Å²) in [7, 11) is 1.83. The lowest BCUT2D eigenvalue weighted by molar-refractivity contribution is 0.102. The van der Waals surface area contributed by atoms with Crippen LogP contribution in [-0.2, 0) is 11.2 Å². The molecule has 2 aliphatic heterocycles. The van der Waals surface area contributed by atoms with E-state index in [1.54, 1.807) is 0 Å². The van der Waals surface area contributed by atoms with Gasteiger partial charge in [0.1, 0.15) is 0 Å². The molecule has 20 heavy (non-hydrogen) atoms. The maximum Gasteiger partial charge on any atom is 0.0787 e. The first kappa shape index (κ1) is 15.6. The monoisotopic (exact) mass is 296 g/mol. The third-order valence-electron chi connectivity index (χ3n) is 4.57. The number of methoxy groups -OCH3 is 1. The number of hydrogen-bond donors (Lipinski definition) is 1. The van der Waals surface area contributed by atoms with Crippen molar-refractivity contribution in [2.45, 2.75) is 25.9 Å². The minimum Gasteiger partial charge on any atom is -0.379 e. The first-order valence-corrected chi connectivity index (χ1v) is 7.27. The van der Waals surface area contributed by atoms with Crippen LogP contribution >= 0.6 is 12.4 Å². The highest BCUT2D eigenvalue weighted by molar-refractivity contribution is 5.85. The molecule has 1 N–H and O–H groups in total. The summed E-state index contributed by atoms with van der Waals surface area (Å²) in [5, 5.41) is 3.49. The van der Waals surface area contributed by atoms with E-state index in [-0.39, 0.29) is 12.4 Å². The second kappa shape index (κ2) is 6.33. The number of benzene rings is 1. The van der Waals surface area contributed by atoms with Crippen molar-refractivity contribution in [2.24, 2.45) is 5.41 Å². The molecule has 0 amide bonds. The van der Waals surface area contributed by atoms with E-state index in [0.29, 0.717) is 11.5 Å². The maximum absolute atomic E-state index is 5.62. The van der Waals surface area contributed by atoms with Gasteiger partial charge in [0.25, 0.3) is 0 Å². The van der Waals surface area contributed by atoms with Gasteiger partial charge in [-0.3, -0.25) is 0 Å². The van der Waals surface area contributed by atoms with E-state index < -0.39 is 0 Å². The summed E-state index contributed by atoms with van der Waals surface area (Å²) in [4.78, 5) is 2.53. The Morgan fingerprint density at radius 3 is 2.90 bits per heavy atom. The van der Waals surface area contributed by atoms with Crippen molar-refractivity contribution in [3.8, 4) is 0 Å². The molecule has 0 aliphatic carbocycles. The molecule has 2 heterocycles. The molecule has 0 aromatic heterocycles. The lowest BCUT2D eigenvalue weighted by atomic mass is 9.87. The van der Waals surface area contributed by atoms with E-state index in [1.165, 1.54) is 17.7 Å². The Morgan fingerprint density at radius 1 is 1.40 bits per heavy atom. The maximum atomic E-state index is 5.62. The molecule has 2 aliphatic rings. The minimum atomic E-state index is 0. The van der Waals surface area contributed by atoms with Gasteiger partial charge in [0.2, 0.25) is 0 Å². The van der Waals surface area contributed by atoms with Crippen LogP contribution in [0.1, 0.15) is 18.9 Å². The van der Waals surface area contributed by atoms with Gasteiger partial charge in [0, 0.05) is 38.9 Å². The second-order valence-corrected chi connectivity index (χ2v) is 6.31. The molecule has 1 aromatic rings. The van der Waals surface area contributed by atoms with Crippen molar-refractivity contribution in [1.29, 1.82) is 0 Å². The number of hydrogen-bond acceptors (Lipinski definition) is 3. The van der Waals surface area contributed by atoms with E-state index in [4.69, 9.17) is 4.74 Å². The quantitative estimate of drug-likeness (QED) is 0.927. The van der Waals surface area contributed by atoms with Crippen LogP contribution in [-0.4, -0.2) is 39.4 Å². The van der Waals surface area contributed by atoms with Crippen LogP contribution in [0, 0.1) is 5.41 Å². The molecular weight excluding hydrogens is 272 g/mol. The molecule has 1 aromatic carbocycles. The summed E-state index contributed by atoms with van der Waals surface area (Å²) in [5.41, 5.74) is 3.22. The predicted molar refractivity (Wildman–Crippen MR) is 86.0 cm³/mol. The lowest BCUT2D eigenvalue weighted by Crippen LogP contribution is -2.45. The predicted octanol–water partition coefficient (Wildman–Crippen LogP) is 2.49. The highest BCUT2D eigenvalue weighted by atomic mass is 35.5. The fourth-order valence-electron chi connectivity index (χ4n) is 3.42. The number of nitrogens with zero attached hydrogens (tertiary/aromatic N) is 1. The van der Waals surface area contributed by atoms with E-state index in [2.05, 4.69) is 41.4 Å². The standard InChI is InChI=1S/C16H24N2O.ClH/c1-16(7-8-17-11-16)12-18-10-14(19-2)9-13-5-3-4-6-15(13)18;/h3-6,14,17H,7-12H2,1-2H3;1H. The number of rotatable bonds is 3. The molecule has 3 nitrogen and oxygen atoms in total. The van der Waals surface area contributed by atoms with Crippen LogP contribution in [0.2, 0.25) is 0 Å². The van der Waals surface area contributed by atoms with Crippen molar-refractivity contribution in [1.82, 2.24) is 5.32 Å². The van der Waals surface area contributed by atoms with E-state index >= 15 is 0 Å². The van der Waals surface area contributed by atoms with Gasteiger partial charge in [-0.1, -0.05) is 25.1 Å². The molecule has 112 valence electrons. The molecular formula is C16H25ClN2O. The third-order valence-corrected chi connectivity index (χ3v) is 4.57. The van der Waals surface area contributed by atoms with Crippen LogP contribution in [0.4, 0.5) is 5.69 Å². The zero-order valence-electron chi connectivity index (χ0n) is 12.4.